The number of aromatic hydroxyl groups is 1. The molecule has 3 aromatic rings. The topological polar surface area (TPSA) is 184 Å². The Bertz CT molecular complexity index is 1660. The van der Waals surface area contributed by atoms with Crippen molar-refractivity contribution in [2.45, 2.75) is 58.3 Å². The van der Waals surface area contributed by atoms with E-state index in [2.05, 4.69) is 20.6 Å². The minimum Gasteiger partial charge on any atom is -0.507 e. The normalized spacial score (nSPS) is 20.3. The molecule has 1 aromatic heterocycles. The number of aromatic nitrogens is 2. The maximum absolute atomic E-state index is 12.2. The van der Waals surface area contributed by atoms with Gasteiger partial charge in [0.2, 0.25) is 5.95 Å². The van der Waals surface area contributed by atoms with Gasteiger partial charge in [0.05, 0.1) is 11.4 Å². The van der Waals surface area contributed by atoms with Crippen molar-refractivity contribution in [2.75, 3.05) is 11.9 Å². The molecule has 3 N–H and O–H groups in total. The molecular weight excluding hydrogens is 656 g/mol. The summed E-state index contributed by atoms with van der Waals surface area (Å²) in [7, 11) is 0. The molecule has 0 amide bonds. The summed E-state index contributed by atoms with van der Waals surface area (Å²) < 4.78 is 27.5. The number of esters is 4. The molecule has 1 saturated heterocycles. The second-order valence-corrected chi connectivity index (χ2v) is 11.1. The molecule has 0 spiro atoms. The molecule has 0 bridgehead atoms. The lowest BCUT2D eigenvalue weighted by Crippen LogP contribution is -2.66. The maximum atomic E-state index is 12.2. The first-order valence-electron chi connectivity index (χ1n) is 14.1. The van der Waals surface area contributed by atoms with E-state index in [9.17, 15) is 24.3 Å². The van der Waals surface area contributed by atoms with Crippen LogP contribution in [0.1, 0.15) is 27.7 Å². The average molecular weight is 687 g/mol. The molecule has 4 rings (SSSR count). The van der Waals surface area contributed by atoms with E-state index in [1.807, 2.05) is 30.3 Å². The predicted octanol–water partition coefficient (Wildman–Crippen LogP) is 3.54. The number of ether oxygens (including phenoxy) is 5. The van der Waals surface area contributed by atoms with Crippen molar-refractivity contribution in [2.24, 2.45) is 0 Å². The summed E-state index contributed by atoms with van der Waals surface area (Å²) in [5.74, 6) is -3.03. The highest BCUT2D eigenvalue weighted by molar-refractivity contribution is 7.80. The number of benzene rings is 2. The van der Waals surface area contributed by atoms with Crippen molar-refractivity contribution in [1.82, 2.24) is 15.3 Å². The van der Waals surface area contributed by atoms with Crippen molar-refractivity contribution in [3.8, 4) is 28.3 Å². The number of nitrogens with zero attached hydrogens (tertiary/aromatic N) is 2. The molecule has 0 saturated carbocycles. The maximum Gasteiger partial charge on any atom is 0.303 e. The van der Waals surface area contributed by atoms with Crippen LogP contribution in [0.25, 0.3) is 22.5 Å². The fourth-order valence-electron chi connectivity index (χ4n) is 4.72. The molecular formula is C31H31ClN4O10S. The quantitative estimate of drug-likeness (QED) is 0.169. The third-order valence-corrected chi connectivity index (χ3v) is 6.97. The van der Waals surface area contributed by atoms with Crippen LogP contribution in [-0.2, 0) is 42.9 Å². The number of carbonyl (C=O) groups excluding carboxylic acids is 4. The number of carbonyl (C=O) groups is 4. The van der Waals surface area contributed by atoms with Gasteiger partial charge in [0, 0.05) is 43.8 Å². The van der Waals surface area contributed by atoms with Crippen molar-refractivity contribution in [3.63, 3.8) is 0 Å². The van der Waals surface area contributed by atoms with Gasteiger partial charge in [-0.1, -0.05) is 41.9 Å². The van der Waals surface area contributed by atoms with E-state index in [4.69, 9.17) is 47.5 Å². The lowest BCUT2D eigenvalue weighted by molar-refractivity contribution is -0.254. The van der Waals surface area contributed by atoms with E-state index in [-0.39, 0.29) is 16.8 Å². The monoisotopic (exact) mass is 686 g/mol. The zero-order valence-electron chi connectivity index (χ0n) is 25.6. The van der Waals surface area contributed by atoms with Crippen LogP contribution < -0.4 is 10.6 Å². The first kappa shape index (κ1) is 35.0. The standard InChI is InChI=1S/C31H31ClN4O10S/c1-15(37)42-14-25-26(43-16(2)38)27(44-17(3)39)28(45-18(4)40)29(46-25)35-31(47)36-30-33-22(19-8-6-5-7-9-19)13-23(34-30)21-12-20(32)10-11-24(21)41/h5-13,25-29,41H,14H2,1-4H3,(H2,33,34,35,36,47)/t25-,26-,27-,28-,29-/m1/s1. The highest BCUT2D eigenvalue weighted by Crippen LogP contribution is 2.33. The van der Waals surface area contributed by atoms with Crippen molar-refractivity contribution >= 4 is 58.8 Å². The van der Waals surface area contributed by atoms with Gasteiger partial charge in [0.15, 0.2) is 29.7 Å². The van der Waals surface area contributed by atoms with E-state index < -0.39 is 61.1 Å². The third-order valence-electron chi connectivity index (χ3n) is 6.52. The molecule has 47 heavy (non-hydrogen) atoms. The van der Waals surface area contributed by atoms with Gasteiger partial charge in [0.1, 0.15) is 18.5 Å². The number of hydrogen-bond donors (Lipinski definition) is 3. The summed E-state index contributed by atoms with van der Waals surface area (Å²) in [5.41, 5.74) is 1.86. The number of phenolic OH excluding ortho intramolecular Hbond substituents is 1. The fourth-order valence-corrected chi connectivity index (χ4v) is 5.10. The molecule has 1 fully saturated rings. The summed E-state index contributed by atoms with van der Waals surface area (Å²) in [6, 6.07) is 15.4. The molecule has 2 heterocycles. The van der Waals surface area contributed by atoms with Gasteiger partial charge in [-0.2, -0.15) is 0 Å². The Morgan fingerprint density at radius 2 is 1.47 bits per heavy atom. The Morgan fingerprint density at radius 3 is 2.11 bits per heavy atom. The fraction of sp³-hybridized carbons (Fsp3) is 0.323. The zero-order valence-corrected chi connectivity index (χ0v) is 27.2. The Kier molecular flexibility index (Phi) is 11.6. The predicted molar refractivity (Wildman–Crippen MR) is 171 cm³/mol. The molecule has 2 aromatic carbocycles. The van der Waals surface area contributed by atoms with Crippen LogP contribution in [0.15, 0.2) is 54.6 Å². The number of halogens is 1. The summed E-state index contributed by atoms with van der Waals surface area (Å²) in [6.07, 6.45) is -6.65. The Balaban J connectivity index is 1.69. The van der Waals surface area contributed by atoms with Crippen LogP contribution in [0, 0.1) is 0 Å². The number of anilines is 1. The van der Waals surface area contributed by atoms with Crippen molar-refractivity contribution in [3.05, 3.63) is 59.6 Å². The van der Waals surface area contributed by atoms with Crippen LogP contribution in [0.2, 0.25) is 5.02 Å². The highest BCUT2D eigenvalue weighted by Gasteiger charge is 2.52. The SMILES string of the molecule is CC(=O)OC[C@H]1O[C@@H](NC(=S)Nc2nc(-c3ccccc3)cc(-c3cc(Cl)ccc3O)n2)[C@H](OC(C)=O)[C@H](OC(C)=O)[C@@H]1OC(C)=O. The van der Waals surface area contributed by atoms with E-state index >= 15 is 0 Å². The number of phenols is 1. The van der Waals surface area contributed by atoms with Gasteiger partial charge < -0.3 is 39.4 Å². The Labute approximate surface area is 279 Å². The smallest absolute Gasteiger partial charge is 0.303 e. The van der Waals surface area contributed by atoms with E-state index in [1.54, 1.807) is 12.1 Å². The first-order valence-corrected chi connectivity index (χ1v) is 14.9. The summed E-state index contributed by atoms with van der Waals surface area (Å²) >= 11 is 11.8. The molecule has 0 unspecified atom stereocenters. The zero-order chi connectivity index (χ0) is 34.2. The van der Waals surface area contributed by atoms with Crippen LogP contribution in [-0.4, -0.2) is 81.3 Å². The van der Waals surface area contributed by atoms with Crippen molar-refractivity contribution in [1.29, 1.82) is 0 Å². The molecule has 248 valence electrons. The van der Waals surface area contributed by atoms with Gasteiger partial charge in [-0.3, -0.25) is 19.2 Å². The number of rotatable bonds is 9. The first-order chi connectivity index (χ1) is 22.3. The molecule has 5 atom stereocenters. The number of thiocarbonyl (C=S) groups is 1. The van der Waals surface area contributed by atoms with E-state index in [0.29, 0.717) is 22.0 Å². The minimum atomic E-state index is -1.40. The highest BCUT2D eigenvalue weighted by atomic mass is 35.5. The lowest BCUT2D eigenvalue weighted by Gasteiger charge is -2.44. The number of hydrogen-bond acceptors (Lipinski definition) is 13. The second-order valence-electron chi connectivity index (χ2n) is 10.2. The third kappa shape index (κ3) is 9.57. The van der Waals surface area contributed by atoms with Gasteiger partial charge >= 0.3 is 23.9 Å². The summed E-state index contributed by atoms with van der Waals surface area (Å²) in [6.45, 7) is 4.13. The minimum absolute atomic E-state index is 0.00358. The van der Waals surface area contributed by atoms with E-state index in [1.165, 1.54) is 19.1 Å². The summed E-state index contributed by atoms with van der Waals surface area (Å²) in [5, 5.41) is 16.5. The molecule has 16 heteroatoms. The summed E-state index contributed by atoms with van der Waals surface area (Å²) in [4.78, 5) is 57.0. The Morgan fingerprint density at radius 1 is 0.851 bits per heavy atom. The van der Waals surface area contributed by atoms with Crippen LogP contribution in [0.3, 0.4) is 0 Å². The Hall–Kier alpha value is -4.86. The van der Waals surface area contributed by atoms with Gasteiger partial charge in [-0.15, -0.1) is 0 Å². The molecule has 1 aliphatic heterocycles. The molecule has 14 nitrogen and oxygen atoms in total. The van der Waals surface area contributed by atoms with Crippen LogP contribution in [0.4, 0.5) is 5.95 Å². The molecule has 0 aliphatic carbocycles. The average Bonchev–Trinajstić information content (AvgIpc) is 3.00. The van der Waals surface area contributed by atoms with Crippen LogP contribution in [0.5, 0.6) is 5.75 Å². The molecule has 0 radical (unpaired) electrons. The van der Waals surface area contributed by atoms with Crippen LogP contribution >= 0.6 is 23.8 Å². The molecule has 1 aliphatic rings. The largest absolute Gasteiger partial charge is 0.507 e. The lowest BCUT2D eigenvalue weighted by atomic mass is 9.97. The van der Waals surface area contributed by atoms with Gasteiger partial charge in [-0.25, -0.2) is 9.97 Å². The second kappa shape index (κ2) is 15.6. The van der Waals surface area contributed by atoms with Gasteiger partial charge in [-0.05, 0) is 36.5 Å². The van der Waals surface area contributed by atoms with Crippen molar-refractivity contribution < 1.29 is 48.0 Å². The number of nitrogens with one attached hydrogen (secondary N) is 2. The van der Waals surface area contributed by atoms with Gasteiger partial charge in [0.25, 0.3) is 0 Å². The van der Waals surface area contributed by atoms with E-state index in [0.717, 1.165) is 26.3 Å².